The van der Waals surface area contributed by atoms with Crippen LogP contribution >= 0.6 is 12.0 Å². The Morgan fingerprint density at radius 1 is 1.38 bits per heavy atom. The van der Waals surface area contributed by atoms with Crippen molar-refractivity contribution in [1.82, 2.24) is 0 Å². The third kappa shape index (κ3) is 3.79. The molecule has 6 heteroatoms. The van der Waals surface area contributed by atoms with E-state index in [1.165, 1.54) is 19.3 Å². The predicted octanol–water partition coefficient (Wildman–Crippen LogP) is 3.88. The lowest BCUT2D eigenvalue weighted by Gasteiger charge is -2.09. The first-order valence-electron chi connectivity index (χ1n) is 4.19. The minimum Gasteiger partial charge on any atom is -0.497 e. The molecule has 16 heavy (non-hydrogen) atoms. The average Bonchev–Trinajstić information content (AvgIpc) is 2.25. The van der Waals surface area contributed by atoms with Crippen molar-refractivity contribution in [3.63, 3.8) is 0 Å². The summed E-state index contributed by atoms with van der Waals surface area (Å²) in [4.78, 5) is 0.298. The standard InChI is InChI=1S/C10H9F3O2S/c1-3-7-4-5-8(14-2)6-9(7)16-15-10(11,12)13/h3-6H,1H2,2H3. The fourth-order valence-corrected chi connectivity index (χ4v) is 1.57. The molecule has 0 saturated heterocycles. The number of hydrogen-bond donors (Lipinski definition) is 0. The van der Waals surface area contributed by atoms with Gasteiger partial charge >= 0.3 is 6.36 Å². The third-order valence-corrected chi connectivity index (χ3v) is 2.47. The molecule has 0 spiro atoms. The Labute approximate surface area is 95.3 Å². The summed E-state index contributed by atoms with van der Waals surface area (Å²) in [6, 6.07) is 4.69. The lowest BCUT2D eigenvalue weighted by molar-refractivity contribution is -0.266. The van der Waals surface area contributed by atoms with Crippen molar-refractivity contribution in [1.29, 1.82) is 0 Å². The normalized spacial score (nSPS) is 11.2. The molecule has 0 amide bonds. The molecule has 0 heterocycles. The van der Waals surface area contributed by atoms with Gasteiger partial charge in [-0.1, -0.05) is 18.7 Å². The second-order valence-corrected chi connectivity index (χ2v) is 3.49. The molecule has 0 aliphatic carbocycles. The lowest BCUT2D eigenvalue weighted by atomic mass is 10.2. The third-order valence-electron chi connectivity index (χ3n) is 1.67. The number of halogens is 3. The first kappa shape index (κ1) is 12.9. The Balaban J connectivity index is 2.87. The molecule has 0 saturated carbocycles. The Kier molecular flexibility index (Phi) is 4.26. The lowest BCUT2D eigenvalue weighted by Crippen LogP contribution is -2.07. The summed E-state index contributed by atoms with van der Waals surface area (Å²) >= 11 is 0.232. The smallest absolute Gasteiger partial charge is 0.497 e. The average molecular weight is 250 g/mol. The van der Waals surface area contributed by atoms with Crippen molar-refractivity contribution in [3.05, 3.63) is 30.3 Å². The molecule has 1 aromatic rings. The zero-order valence-electron chi connectivity index (χ0n) is 8.38. The molecule has 88 valence electrons. The molecule has 0 aromatic heterocycles. The zero-order valence-corrected chi connectivity index (χ0v) is 9.19. The molecule has 1 rings (SSSR count). The quantitative estimate of drug-likeness (QED) is 0.755. The van der Waals surface area contributed by atoms with Gasteiger partial charge in [-0.05, 0) is 17.7 Å². The molecule has 0 fully saturated rings. The van der Waals surface area contributed by atoms with Gasteiger partial charge in [0.2, 0.25) is 0 Å². The molecule has 0 atom stereocenters. The van der Waals surface area contributed by atoms with Crippen LogP contribution in [0, 0.1) is 0 Å². The first-order chi connectivity index (χ1) is 7.46. The molecule has 0 radical (unpaired) electrons. The second kappa shape index (κ2) is 5.27. The van der Waals surface area contributed by atoms with Crippen molar-refractivity contribution in [2.75, 3.05) is 7.11 Å². The molecule has 2 nitrogen and oxygen atoms in total. The maximum atomic E-state index is 11.9. The van der Waals surface area contributed by atoms with Gasteiger partial charge in [0.05, 0.1) is 7.11 Å². The monoisotopic (exact) mass is 250 g/mol. The van der Waals surface area contributed by atoms with Crippen molar-refractivity contribution in [3.8, 4) is 5.75 Å². The summed E-state index contributed by atoms with van der Waals surface area (Å²) in [6.07, 6.45) is -3.23. The minimum atomic E-state index is -4.67. The fraction of sp³-hybridized carbons (Fsp3) is 0.200. The van der Waals surface area contributed by atoms with E-state index in [9.17, 15) is 13.2 Å². The molecule has 0 unspecified atom stereocenters. The van der Waals surface area contributed by atoms with Gasteiger partial charge in [0, 0.05) is 16.9 Å². The zero-order chi connectivity index (χ0) is 12.2. The molecule has 0 N–H and O–H groups in total. The molecule has 0 aliphatic heterocycles. The summed E-state index contributed by atoms with van der Waals surface area (Å²) < 4.78 is 44.2. The molecule has 0 bridgehead atoms. The van der Waals surface area contributed by atoms with Gasteiger partial charge < -0.3 is 4.74 Å². The topological polar surface area (TPSA) is 18.5 Å². The van der Waals surface area contributed by atoms with Crippen molar-refractivity contribution in [2.45, 2.75) is 11.3 Å². The Morgan fingerprint density at radius 2 is 2.06 bits per heavy atom. The maximum Gasteiger partial charge on any atom is 0.533 e. The summed E-state index contributed by atoms with van der Waals surface area (Å²) in [5.74, 6) is 0.457. The van der Waals surface area contributed by atoms with E-state index in [1.54, 1.807) is 12.1 Å². The van der Waals surface area contributed by atoms with Gasteiger partial charge in [0.1, 0.15) is 5.75 Å². The first-order valence-corrected chi connectivity index (χ1v) is 4.93. The van der Waals surface area contributed by atoms with Crippen LogP contribution in [0.4, 0.5) is 13.2 Å². The summed E-state index contributed by atoms with van der Waals surface area (Å²) in [7, 11) is 1.43. The highest BCUT2D eigenvalue weighted by Crippen LogP contribution is 2.33. The fourth-order valence-electron chi connectivity index (χ4n) is 0.975. The van der Waals surface area contributed by atoms with Crippen molar-refractivity contribution < 1.29 is 22.1 Å². The van der Waals surface area contributed by atoms with Gasteiger partial charge in [0.15, 0.2) is 0 Å². The Hall–Kier alpha value is -1.14. The number of benzene rings is 1. The van der Waals surface area contributed by atoms with Crippen LogP contribution in [0.25, 0.3) is 6.08 Å². The van der Waals surface area contributed by atoms with Crippen LogP contribution in [0.5, 0.6) is 5.75 Å². The van der Waals surface area contributed by atoms with Crippen LogP contribution in [0.1, 0.15) is 5.56 Å². The van der Waals surface area contributed by atoms with Crippen molar-refractivity contribution in [2.24, 2.45) is 0 Å². The minimum absolute atomic E-state index is 0.232. The Morgan fingerprint density at radius 3 is 2.56 bits per heavy atom. The number of ether oxygens (including phenoxy) is 1. The molecule has 1 aromatic carbocycles. The summed E-state index contributed by atoms with van der Waals surface area (Å²) in [6.45, 7) is 3.50. The van der Waals surface area contributed by atoms with E-state index < -0.39 is 6.36 Å². The highest BCUT2D eigenvalue weighted by atomic mass is 32.2. The van der Waals surface area contributed by atoms with Crippen LogP contribution in [0.2, 0.25) is 0 Å². The number of hydrogen-bond acceptors (Lipinski definition) is 3. The maximum absolute atomic E-state index is 11.9. The highest BCUT2D eigenvalue weighted by Gasteiger charge is 2.30. The van der Waals surface area contributed by atoms with E-state index in [4.69, 9.17) is 4.74 Å². The van der Waals surface area contributed by atoms with E-state index >= 15 is 0 Å². The van der Waals surface area contributed by atoms with Gasteiger partial charge in [-0.3, -0.25) is 0 Å². The summed E-state index contributed by atoms with van der Waals surface area (Å²) in [5.41, 5.74) is 0.551. The van der Waals surface area contributed by atoms with Gasteiger partial charge in [0.25, 0.3) is 0 Å². The highest BCUT2D eigenvalue weighted by molar-refractivity contribution is 7.94. The molecular formula is C10H9F3O2S. The van der Waals surface area contributed by atoms with Gasteiger partial charge in [-0.15, -0.1) is 13.2 Å². The molecular weight excluding hydrogens is 241 g/mol. The van der Waals surface area contributed by atoms with Crippen molar-refractivity contribution >= 4 is 18.1 Å². The number of methoxy groups -OCH3 is 1. The van der Waals surface area contributed by atoms with Crippen LogP contribution in [-0.2, 0) is 4.18 Å². The van der Waals surface area contributed by atoms with Gasteiger partial charge in [-0.2, -0.15) is 0 Å². The van der Waals surface area contributed by atoms with Gasteiger partial charge in [-0.25, -0.2) is 4.18 Å². The van der Waals surface area contributed by atoms with Crippen LogP contribution in [0.15, 0.2) is 29.7 Å². The van der Waals surface area contributed by atoms with E-state index in [1.807, 2.05) is 0 Å². The predicted molar refractivity (Wildman–Crippen MR) is 56.1 cm³/mol. The van der Waals surface area contributed by atoms with E-state index in [0.29, 0.717) is 16.2 Å². The number of alkyl halides is 3. The Bertz CT molecular complexity index is 377. The van der Waals surface area contributed by atoms with E-state index in [2.05, 4.69) is 10.8 Å². The molecule has 0 aliphatic rings. The largest absolute Gasteiger partial charge is 0.533 e. The van der Waals surface area contributed by atoms with E-state index in [-0.39, 0.29) is 12.0 Å². The second-order valence-electron chi connectivity index (χ2n) is 2.72. The summed E-state index contributed by atoms with van der Waals surface area (Å²) in [5, 5.41) is 0. The SMILES string of the molecule is C=Cc1ccc(OC)cc1SOC(F)(F)F. The van der Waals surface area contributed by atoms with Crippen LogP contribution in [-0.4, -0.2) is 13.5 Å². The van der Waals surface area contributed by atoms with Crippen LogP contribution in [0.3, 0.4) is 0 Å². The van der Waals surface area contributed by atoms with Crippen LogP contribution < -0.4 is 4.74 Å². The van der Waals surface area contributed by atoms with E-state index in [0.717, 1.165) is 0 Å². The number of rotatable bonds is 4.